The first kappa shape index (κ1) is 22.7. The minimum Gasteiger partial charge on any atom is -0.452 e. The Balaban J connectivity index is 1.61. The number of carbonyl (C=O) groups excluding carboxylic acids is 2. The van der Waals surface area contributed by atoms with Crippen LogP contribution in [-0.2, 0) is 34.1 Å². The number of carbonyl (C=O) groups is 2. The topological polar surface area (TPSA) is 136 Å². The van der Waals surface area contributed by atoms with Crippen LogP contribution in [0.4, 0.5) is 0 Å². The molecule has 0 saturated carbocycles. The van der Waals surface area contributed by atoms with Crippen LogP contribution in [0, 0.1) is 0 Å². The van der Waals surface area contributed by atoms with Crippen molar-refractivity contribution in [2.75, 3.05) is 44.4 Å². The van der Waals surface area contributed by atoms with Crippen molar-refractivity contribution in [3.8, 4) is 0 Å². The van der Waals surface area contributed by atoms with E-state index in [4.69, 9.17) is 9.47 Å². The van der Waals surface area contributed by atoms with Gasteiger partial charge in [-0.25, -0.2) is 21.6 Å². The molecular formula is C18H24N2O8S2. The third-order valence-electron chi connectivity index (χ3n) is 4.96. The highest BCUT2D eigenvalue weighted by atomic mass is 32.2. The lowest BCUT2D eigenvalue weighted by molar-refractivity contribution is -0.125. The van der Waals surface area contributed by atoms with Crippen molar-refractivity contribution in [3.05, 3.63) is 29.8 Å². The summed E-state index contributed by atoms with van der Waals surface area (Å²) in [6.07, 6.45) is 0.288. The minimum absolute atomic E-state index is 0.00598. The van der Waals surface area contributed by atoms with Gasteiger partial charge in [-0.15, -0.1) is 0 Å². The van der Waals surface area contributed by atoms with Crippen molar-refractivity contribution < 1.29 is 35.9 Å². The number of morpholine rings is 1. The summed E-state index contributed by atoms with van der Waals surface area (Å²) < 4.78 is 60.1. The number of esters is 1. The van der Waals surface area contributed by atoms with Crippen LogP contribution in [0.2, 0.25) is 0 Å². The van der Waals surface area contributed by atoms with Crippen molar-refractivity contribution in [1.82, 2.24) is 9.62 Å². The lowest BCUT2D eigenvalue weighted by Crippen LogP contribution is -2.48. The maximum Gasteiger partial charge on any atom is 0.338 e. The molecule has 2 saturated heterocycles. The molecule has 2 aliphatic rings. The Morgan fingerprint density at radius 2 is 1.97 bits per heavy atom. The molecule has 0 radical (unpaired) electrons. The van der Waals surface area contributed by atoms with Crippen LogP contribution in [0.5, 0.6) is 0 Å². The molecule has 1 atom stereocenters. The fourth-order valence-electron chi connectivity index (χ4n) is 3.42. The van der Waals surface area contributed by atoms with E-state index in [1.165, 1.54) is 28.6 Å². The molecule has 1 aromatic rings. The number of nitrogens with zero attached hydrogens (tertiary/aromatic N) is 1. The molecule has 10 nitrogen and oxygen atoms in total. The Hall–Kier alpha value is -2.02. The number of sulfonamides is 1. The highest BCUT2D eigenvalue weighted by Gasteiger charge is 2.39. The van der Waals surface area contributed by atoms with E-state index in [-0.39, 0.29) is 41.5 Å². The molecular weight excluding hydrogens is 436 g/mol. The SMILES string of the molecule is CC1(NC(=O)COC(=O)c2cccc(S(=O)(=O)N3CCOCC3)c2)CCS(=O)(=O)C1. The van der Waals surface area contributed by atoms with E-state index in [1.54, 1.807) is 6.92 Å². The second kappa shape index (κ2) is 8.61. The van der Waals surface area contributed by atoms with E-state index in [0.29, 0.717) is 13.2 Å². The number of hydrogen-bond donors (Lipinski definition) is 1. The van der Waals surface area contributed by atoms with Gasteiger partial charge in [0.25, 0.3) is 5.91 Å². The van der Waals surface area contributed by atoms with Crippen LogP contribution < -0.4 is 5.32 Å². The summed E-state index contributed by atoms with van der Waals surface area (Å²) in [6, 6.07) is 5.41. The molecule has 1 aromatic carbocycles. The summed E-state index contributed by atoms with van der Waals surface area (Å²) in [5.41, 5.74) is -0.902. The molecule has 0 aliphatic carbocycles. The Morgan fingerprint density at radius 3 is 2.60 bits per heavy atom. The van der Waals surface area contributed by atoms with Gasteiger partial charge in [0.15, 0.2) is 16.4 Å². The van der Waals surface area contributed by atoms with Crippen molar-refractivity contribution >= 4 is 31.7 Å². The highest BCUT2D eigenvalue weighted by molar-refractivity contribution is 7.91. The zero-order valence-electron chi connectivity index (χ0n) is 16.5. The molecule has 2 fully saturated rings. The fraction of sp³-hybridized carbons (Fsp3) is 0.556. The van der Waals surface area contributed by atoms with Crippen molar-refractivity contribution in [2.45, 2.75) is 23.8 Å². The number of amides is 1. The molecule has 1 amide bonds. The molecule has 2 heterocycles. The molecule has 2 aliphatic heterocycles. The Bertz CT molecular complexity index is 1030. The van der Waals surface area contributed by atoms with Crippen LogP contribution in [0.1, 0.15) is 23.7 Å². The van der Waals surface area contributed by atoms with Crippen LogP contribution in [0.3, 0.4) is 0 Å². The van der Waals surface area contributed by atoms with Gasteiger partial charge in [-0.2, -0.15) is 4.31 Å². The number of hydrogen-bond acceptors (Lipinski definition) is 8. The van der Waals surface area contributed by atoms with E-state index >= 15 is 0 Å². The first-order valence-electron chi connectivity index (χ1n) is 9.37. The van der Waals surface area contributed by atoms with Crippen LogP contribution in [-0.4, -0.2) is 83.0 Å². The predicted octanol–water partition coefficient (Wildman–Crippen LogP) is -0.442. The maximum atomic E-state index is 12.7. The van der Waals surface area contributed by atoms with Gasteiger partial charge in [0.05, 0.1) is 40.7 Å². The third kappa shape index (κ3) is 5.36. The van der Waals surface area contributed by atoms with E-state index in [2.05, 4.69) is 5.32 Å². The summed E-state index contributed by atoms with van der Waals surface area (Å²) in [7, 11) is -6.97. The van der Waals surface area contributed by atoms with Crippen molar-refractivity contribution in [1.29, 1.82) is 0 Å². The average molecular weight is 461 g/mol. The number of benzene rings is 1. The summed E-state index contributed by atoms with van der Waals surface area (Å²) in [4.78, 5) is 24.3. The summed E-state index contributed by atoms with van der Waals surface area (Å²) >= 11 is 0. The van der Waals surface area contributed by atoms with Gasteiger partial charge in [-0.3, -0.25) is 4.79 Å². The number of sulfone groups is 1. The maximum absolute atomic E-state index is 12.7. The highest BCUT2D eigenvalue weighted by Crippen LogP contribution is 2.23. The van der Waals surface area contributed by atoms with Gasteiger partial charge in [0, 0.05) is 13.1 Å². The van der Waals surface area contributed by atoms with Gasteiger partial charge in [0.2, 0.25) is 10.0 Å². The summed E-state index contributed by atoms with van der Waals surface area (Å²) in [6.45, 7) is 2.08. The normalized spacial score (nSPS) is 24.3. The number of rotatable bonds is 6. The zero-order chi connectivity index (χ0) is 22.0. The Morgan fingerprint density at radius 1 is 1.27 bits per heavy atom. The van der Waals surface area contributed by atoms with Gasteiger partial charge in [0.1, 0.15) is 0 Å². The second-order valence-corrected chi connectivity index (χ2v) is 11.7. The molecule has 12 heteroatoms. The second-order valence-electron chi connectivity index (χ2n) is 7.57. The van der Waals surface area contributed by atoms with Gasteiger partial charge in [-0.05, 0) is 31.5 Å². The van der Waals surface area contributed by atoms with Gasteiger partial charge >= 0.3 is 5.97 Å². The average Bonchev–Trinajstić information content (AvgIpc) is 2.99. The molecule has 0 bridgehead atoms. The quantitative estimate of drug-likeness (QED) is 0.564. The molecule has 3 rings (SSSR count). The van der Waals surface area contributed by atoms with Gasteiger partial charge in [-0.1, -0.05) is 6.07 Å². The van der Waals surface area contributed by atoms with Crippen molar-refractivity contribution in [2.24, 2.45) is 0 Å². The Kier molecular flexibility index (Phi) is 6.51. The van der Waals surface area contributed by atoms with Crippen LogP contribution in [0.15, 0.2) is 29.2 Å². The molecule has 0 spiro atoms. The molecule has 1 N–H and O–H groups in total. The number of nitrogens with one attached hydrogen (secondary N) is 1. The van der Waals surface area contributed by atoms with Crippen molar-refractivity contribution in [3.63, 3.8) is 0 Å². The van der Waals surface area contributed by atoms with E-state index in [1.807, 2.05) is 0 Å². The fourth-order valence-corrected chi connectivity index (χ4v) is 6.96. The standard InChI is InChI=1S/C18H24N2O8S2/c1-18(5-10-29(23,24)13-18)19-16(21)12-28-17(22)14-3-2-4-15(11-14)30(25,26)20-6-8-27-9-7-20/h2-4,11H,5-10,12-13H2,1H3,(H,19,21). The lowest BCUT2D eigenvalue weighted by Gasteiger charge is -2.26. The predicted molar refractivity (Wildman–Crippen MR) is 106 cm³/mol. The molecule has 0 aromatic heterocycles. The minimum atomic E-state index is -3.77. The number of ether oxygens (including phenoxy) is 2. The Labute approximate surface area is 175 Å². The van der Waals surface area contributed by atoms with E-state index in [9.17, 15) is 26.4 Å². The van der Waals surface area contributed by atoms with Crippen LogP contribution in [0.25, 0.3) is 0 Å². The third-order valence-corrected chi connectivity index (χ3v) is 8.75. The smallest absolute Gasteiger partial charge is 0.338 e. The zero-order valence-corrected chi connectivity index (χ0v) is 18.1. The largest absolute Gasteiger partial charge is 0.452 e. The molecule has 30 heavy (non-hydrogen) atoms. The lowest BCUT2D eigenvalue weighted by atomic mass is 10.0. The van der Waals surface area contributed by atoms with E-state index in [0.717, 1.165) is 0 Å². The molecule has 166 valence electrons. The van der Waals surface area contributed by atoms with Crippen LogP contribution >= 0.6 is 0 Å². The van der Waals surface area contributed by atoms with E-state index < -0.39 is 43.9 Å². The first-order valence-corrected chi connectivity index (χ1v) is 12.6. The molecule has 1 unspecified atom stereocenters. The summed E-state index contributed by atoms with van der Waals surface area (Å²) in [5.74, 6) is -1.65. The first-order chi connectivity index (χ1) is 14.0. The summed E-state index contributed by atoms with van der Waals surface area (Å²) in [5, 5.41) is 2.59. The monoisotopic (exact) mass is 460 g/mol. The van der Waals surface area contributed by atoms with Gasteiger partial charge < -0.3 is 14.8 Å².